The fourth-order valence-electron chi connectivity index (χ4n) is 3.99. The van der Waals surface area contributed by atoms with Crippen molar-refractivity contribution in [3.8, 4) is 0 Å². The number of hydrogen-bond donors (Lipinski definition) is 0. The molecule has 0 saturated heterocycles. The van der Waals surface area contributed by atoms with Crippen molar-refractivity contribution in [3.05, 3.63) is 9.96 Å². The van der Waals surface area contributed by atoms with Crippen LogP contribution in [0.4, 0.5) is 0 Å². The van der Waals surface area contributed by atoms with Crippen LogP contribution in [-0.2, 0) is 23.3 Å². The summed E-state index contributed by atoms with van der Waals surface area (Å²) in [5.74, 6) is 1.07. The molecular formula is C20H43N3S4Si2Sn. The number of aliphatic imine (C=N–C) groups is 1. The molecule has 0 unspecified atom stereocenters. The molecule has 2 aliphatic rings. The third kappa shape index (κ3) is 23.2. The predicted octanol–water partition coefficient (Wildman–Crippen LogP) is 8.38. The molecule has 10 heteroatoms. The van der Waals surface area contributed by atoms with Crippen molar-refractivity contribution in [3.63, 3.8) is 0 Å². The van der Waals surface area contributed by atoms with E-state index >= 15 is 0 Å². The summed E-state index contributed by atoms with van der Waals surface area (Å²) >= 11 is 8.66. The minimum absolute atomic E-state index is 0. The van der Waals surface area contributed by atoms with Crippen LogP contribution in [0.25, 0.3) is 9.96 Å². The van der Waals surface area contributed by atoms with Gasteiger partial charge in [-0.05, 0) is 19.0 Å². The van der Waals surface area contributed by atoms with Crippen molar-refractivity contribution < 1.29 is 0 Å². The van der Waals surface area contributed by atoms with E-state index in [-0.39, 0.29) is 23.9 Å². The molecule has 0 N–H and O–H groups in total. The Kier molecular flexibility index (Phi) is 22.1. The summed E-state index contributed by atoms with van der Waals surface area (Å²) in [6.07, 6.45) is 13.4. The van der Waals surface area contributed by atoms with E-state index < -0.39 is 16.5 Å². The van der Waals surface area contributed by atoms with Crippen molar-refractivity contribution in [2.75, 3.05) is 0 Å². The van der Waals surface area contributed by atoms with Gasteiger partial charge in [0.15, 0.2) is 0 Å². The van der Waals surface area contributed by atoms with E-state index in [1.807, 2.05) is 0 Å². The van der Waals surface area contributed by atoms with E-state index in [9.17, 15) is 0 Å². The second kappa shape index (κ2) is 19.4. The van der Waals surface area contributed by atoms with Gasteiger partial charge in [0.05, 0.1) is 0 Å². The third-order valence-electron chi connectivity index (χ3n) is 4.59. The van der Waals surface area contributed by atoms with Gasteiger partial charge in [-0.3, -0.25) is 19.7 Å². The molecule has 0 aromatic heterocycles. The summed E-state index contributed by atoms with van der Waals surface area (Å²) in [5.41, 5.74) is 0. The molecule has 0 radical (unpaired) electrons. The first-order valence-electron chi connectivity index (χ1n) is 11.0. The van der Waals surface area contributed by atoms with Gasteiger partial charge in [0.25, 0.3) is 0 Å². The number of hydrogen-bond acceptors (Lipinski definition) is 5. The molecule has 2 aliphatic carbocycles. The first-order chi connectivity index (χ1) is 13.5. The zero-order valence-electron chi connectivity index (χ0n) is 20.2. The zero-order valence-corrected chi connectivity index (χ0v) is 28.3. The van der Waals surface area contributed by atoms with Crippen LogP contribution in [0.2, 0.25) is 39.3 Å². The first-order valence-corrected chi connectivity index (χ1v) is 21.9. The summed E-state index contributed by atoms with van der Waals surface area (Å²) in [4.78, 5) is 4.78. The SMILES string of the molecule is CC(=NC1CCCCC1)[N-]C1CCCCC1.C[Si](C)(C)[N-][Si](C)(C)C.[S-]SS[S-].[Sn+4]. The predicted molar refractivity (Wildman–Crippen MR) is 156 cm³/mol. The summed E-state index contributed by atoms with van der Waals surface area (Å²) < 4.78 is 4.82. The quantitative estimate of drug-likeness (QED) is 0.101. The Hall–Kier alpha value is 2.06. The molecular weight excluding hydrogens is 585 g/mol. The van der Waals surface area contributed by atoms with Gasteiger partial charge in [-0.15, -0.1) is 0 Å². The molecule has 0 spiro atoms. The van der Waals surface area contributed by atoms with E-state index in [2.05, 4.69) is 69.5 Å². The van der Waals surface area contributed by atoms with Crippen LogP contribution < -0.4 is 0 Å². The molecule has 2 fully saturated rings. The Morgan fingerprint density at radius 3 is 1.50 bits per heavy atom. The van der Waals surface area contributed by atoms with E-state index in [1.54, 1.807) is 0 Å². The largest absolute Gasteiger partial charge is 4.00 e. The summed E-state index contributed by atoms with van der Waals surface area (Å²) in [5, 5.41) is 4.78. The Labute approximate surface area is 224 Å². The number of amidine groups is 1. The summed E-state index contributed by atoms with van der Waals surface area (Å²) in [6.45, 7) is 15.9. The fraction of sp³-hybridized carbons (Fsp3) is 0.950. The van der Waals surface area contributed by atoms with Gasteiger partial charge in [-0.2, -0.15) is 0 Å². The van der Waals surface area contributed by atoms with Crippen LogP contribution in [-0.4, -0.2) is 58.3 Å². The molecule has 0 atom stereocenters. The smallest absolute Gasteiger partial charge is 0.709 e. The molecule has 2 saturated carbocycles. The maximum Gasteiger partial charge on any atom is 4.00 e. The van der Waals surface area contributed by atoms with Crippen molar-refractivity contribution in [1.82, 2.24) is 0 Å². The van der Waals surface area contributed by atoms with Crippen molar-refractivity contribution >= 4 is 89.2 Å². The van der Waals surface area contributed by atoms with Crippen LogP contribution in [0.5, 0.6) is 0 Å². The number of rotatable bonds is 5. The van der Waals surface area contributed by atoms with Gasteiger partial charge >= 0.3 is 23.9 Å². The maximum atomic E-state index is 4.82. The standard InChI is InChI=1S/C14H25N2.C6H18NSi2.H2S4.Sn/c1-12(15-13-8-4-2-5-9-13)16-14-10-6-3-7-11-14;1-8(2,3)7-9(4,5)6;1-3-4-2;/h13-14H,2-11H2,1H3;1-6H3;1-2H;/q2*-1;;+4/p-2. The van der Waals surface area contributed by atoms with Gasteiger partial charge in [-0.25, -0.2) is 0 Å². The van der Waals surface area contributed by atoms with Crippen LogP contribution in [0, 0.1) is 0 Å². The van der Waals surface area contributed by atoms with Gasteiger partial charge in [-0.1, -0.05) is 126 Å². The third-order valence-corrected chi connectivity index (χ3v) is 12.2. The van der Waals surface area contributed by atoms with Crippen molar-refractivity contribution in [2.24, 2.45) is 4.99 Å². The van der Waals surface area contributed by atoms with E-state index in [1.165, 1.54) is 83.9 Å². The second-order valence-corrected chi connectivity index (χ2v) is 23.1. The van der Waals surface area contributed by atoms with Gasteiger partial charge < -0.3 is 38.3 Å². The number of nitrogens with zero attached hydrogens (tertiary/aromatic N) is 3. The van der Waals surface area contributed by atoms with Crippen LogP contribution >= 0.6 is 19.7 Å². The van der Waals surface area contributed by atoms with E-state index in [0.29, 0.717) is 12.1 Å². The molecule has 0 aromatic rings. The monoisotopic (exact) mass is 629 g/mol. The van der Waals surface area contributed by atoms with E-state index in [0.717, 1.165) is 5.84 Å². The fourth-order valence-corrected chi connectivity index (χ4v) is 12.0. The zero-order chi connectivity index (χ0) is 22.3. The average Bonchev–Trinajstić information content (AvgIpc) is 2.61. The van der Waals surface area contributed by atoms with Crippen LogP contribution in [0.15, 0.2) is 4.99 Å². The average molecular weight is 629 g/mol. The molecule has 3 nitrogen and oxygen atoms in total. The Morgan fingerprint density at radius 1 is 0.767 bits per heavy atom. The summed E-state index contributed by atoms with van der Waals surface area (Å²) in [6, 6.07) is 1.17. The molecule has 0 aromatic carbocycles. The summed E-state index contributed by atoms with van der Waals surface area (Å²) in [7, 11) is 0.131. The minimum Gasteiger partial charge on any atom is -0.709 e. The topological polar surface area (TPSA) is 40.6 Å². The first kappa shape index (κ1) is 34.2. The second-order valence-electron chi connectivity index (χ2n) is 9.98. The van der Waals surface area contributed by atoms with Crippen molar-refractivity contribution in [1.29, 1.82) is 0 Å². The maximum absolute atomic E-state index is 4.82. The Balaban J connectivity index is 0. The van der Waals surface area contributed by atoms with Crippen LogP contribution in [0.1, 0.15) is 71.1 Å². The molecule has 2 rings (SSSR count). The normalized spacial score (nSPS) is 18.9. The molecule has 0 bridgehead atoms. The Bertz CT molecular complexity index is 421. The molecule has 174 valence electrons. The Morgan fingerprint density at radius 2 is 1.17 bits per heavy atom. The molecule has 0 heterocycles. The molecule has 30 heavy (non-hydrogen) atoms. The molecule has 0 aliphatic heterocycles. The molecule has 0 amide bonds. The van der Waals surface area contributed by atoms with E-state index in [4.69, 9.17) is 15.0 Å². The van der Waals surface area contributed by atoms with Gasteiger partial charge in [0.2, 0.25) is 0 Å². The van der Waals surface area contributed by atoms with Crippen molar-refractivity contribution in [2.45, 2.75) is 122 Å². The van der Waals surface area contributed by atoms with Crippen LogP contribution in [0.3, 0.4) is 0 Å². The van der Waals surface area contributed by atoms with Gasteiger partial charge in [0, 0.05) is 0 Å². The minimum atomic E-state index is -1.11. The van der Waals surface area contributed by atoms with Gasteiger partial charge in [0.1, 0.15) is 0 Å².